The molecule has 3 aromatic carbocycles. The van der Waals surface area contributed by atoms with Crippen LogP contribution in [-0.4, -0.2) is 47.8 Å². The van der Waals surface area contributed by atoms with E-state index in [1.807, 2.05) is 43.3 Å². The molecule has 0 atom stereocenters. The van der Waals surface area contributed by atoms with Gasteiger partial charge in [-0.1, -0.05) is 85.8 Å². The van der Waals surface area contributed by atoms with Crippen LogP contribution in [0.2, 0.25) is 0 Å². The number of nitrogens with zero attached hydrogens (tertiary/aromatic N) is 2. The summed E-state index contributed by atoms with van der Waals surface area (Å²) in [4.78, 5) is 29.5. The van der Waals surface area contributed by atoms with Gasteiger partial charge in [-0.15, -0.1) is 0 Å². The second-order valence-corrected chi connectivity index (χ2v) is 8.02. The lowest BCUT2D eigenvalue weighted by Gasteiger charge is -2.39. The lowest BCUT2D eigenvalue weighted by atomic mass is 9.96. The summed E-state index contributed by atoms with van der Waals surface area (Å²) in [7, 11) is 0. The van der Waals surface area contributed by atoms with Gasteiger partial charge in [0, 0.05) is 31.9 Å². The molecule has 1 aliphatic heterocycles. The Labute approximate surface area is 189 Å². The fourth-order valence-corrected chi connectivity index (χ4v) is 4.34. The van der Waals surface area contributed by atoms with Crippen molar-refractivity contribution < 1.29 is 9.59 Å². The van der Waals surface area contributed by atoms with Gasteiger partial charge in [0.2, 0.25) is 0 Å². The van der Waals surface area contributed by atoms with Crippen molar-refractivity contribution in [3.05, 3.63) is 102 Å². The SMILES string of the molecule is CCc1ccccc1NC(=O)C(=O)N1CCN(C(c2ccccc2)c2ccccc2)CC1. The zero-order chi connectivity index (χ0) is 22.3. The van der Waals surface area contributed by atoms with Crippen LogP contribution in [-0.2, 0) is 16.0 Å². The molecule has 5 heteroatoms. The molecule has 1 saturated heterocycles. The summed E-state index contributed by atoms with van der Waals surface area (Å²) in [6.45, 7) is 4.50. The first-order valence-electron chi connectivity index (χ1n) is 11.2. The smallest absolute Gasteiger partial charge is 0.313 e. The van der Waals surface area contributed by atoms with Gasteiger partial charge in [-0.3, -0.25) is 14.5 Å². The number of anilines is 1. The molecule has 2 amide bonds. The van der Waals surface area contributed by atoms with Crippen molar-refractivity contribution in [1.82, 2.24) is 9.80 Å². The van der Waals surface area contributed by atoms with Crippen LogP contribution in [0.1, 0.15) is 29.7 Å². The van der Waals surface area contributed by atoms with Crippen molar-refractivity contribution in [2.45, 2.75) is 19.4 Å². The maximum atomic E-state index is 12.8. The normalized spacial score (nSPS) is 14.4. The number of amides is 2. The number of para-hydroxylation sites is 1. The zero-order valence-electron chi connectivity index (χ0n) is 18.4. The molecule has 0 aliphatic carbocycles. The molecule has 0 spiro atoms. The fraction of sp³-hybridized carbons (Fsp3) is 0.259. The first-order chi connectivity index (χ1) is 15.7. The van der Waals surface area contributed by atoms with E-state index in [1.54, 1.807) is 4.90 Å². The van der Waals surface area contributed by atoms with E-state index >= 15 is 0 Å². The van der Waals surface area contributed by atoms with Crippen molar-refractivity contribution in [3.63, 3.8) is 0 Å². The molecule has 0 bridgehead atoms. The number of rotatable bonds is 5. The van der Waals surface area contributed by atoms with Crippen molar-refractivity contribution >= 4 is 17.5 Å². The van der Waals surface area contributed by atoms with E-state index in [2.05, 4.69) is 58.7 Å². The van der Waals surface area contributed by atoms with Gasteiger partial charge in [-0.25, -0.2) is 0 Å². The Morgan fingerprint density at radius 1 is 0.781 bits per heavy atom. The van der Waals surface area contributed by atoms with Crippen molar-refractivity contribution in [2.24, 2.45) is 0 Å². The number of hydrogen-bond donors (Lipinski definition) is 1. The van der Waals surface area contributed by atoms with Gasteiger partial charge in [-0.2, -0.15) is 0 Å². The zero-order valence-corrected chi connectivity index (χ0v) is 18.4. The number of carbonyl (C=O) groups excluding carboxylic acids is 2. The number of piperazine rings is 1. The number of aryl methyl sites for hydroxylation is 1. The van der Waals surface area contributed by atoms with Gasteiger partial charge < -0.3 is 10.2 Å². The van der Waals surface area contributed by atoms with Crippen LogP contribution in [0.4, 0.5) is 5.69 Å². The van der Waals surface area contributed by atoms with Gasteiger partial charge in [0.05, 0.1) is 6.04 Å². The van der Waals surface area contributed by atoms with Crippen molar-refractivity contribution in [3.8, 4) is 0 Å². The van der Waals surface area contributed by atoms with Crippen LogP contribution in [0.15, 0.2) is 84.9 Å². The lowest BCUT2D eigenvalue weighted by Crippen LogP contribution is -2.52. The van der Waals surface area contributed by atoms with Gasteiger partial charge in [0.25, 0.3) is 0 Å². The van der Waals surface area contributed by atoms with Crippen LogP contribution in [0, 0.1) is 0 Å². The molecule has 32 heavy (non-hydrogen) atoms. The third-order valence-corrected chi connectivity index (χ3v) is 6.04. The highest BCUT2D eigenvalue weighted by Crippen LogP contribution is 2.29. The predicted octanol–water partition coefficient (Wildman–Crippen LogP) is 4.12. The van der Waals surface area contributed by atoms with E-state index in [4.69, 9.17) is 0 Å². The van der Waals surface area contributed by atoms with Crippen LogP contribution in [0.5, 0.6) is 0 Å². The first kappa shape index (κ1) is 21.8. The highest BCUT2D eigenvalue weighted by atomic mass is 16.2. The molecule has 1 N–H and O–H groups in total. The highest BCUT2D eigenvalue weighted by Gasteiger charge is 2.30. The second kappa shape index (κ2) is 10.2. The summed E-state index contributed by atoms with van der Waals surface area (Å²) in [6.07, 6.45) is 0.795. The maximum Gasteiger partial charge on any atom is 0.313 e. The van der Waals surface area contributed by atoms with Crippen LogP contribution < -0.4 is 5.32 Å². The maximum absolute atomic E-state index is 12.8. The molecule has 1 fully saturated rings. The van der Waals surface area contributed by atoms with Crippen LogP contribution >= 0.6 is 0 Å². The lowest BCUT2D eigenvalue weighted by molar-refractivity contribution is -0.144. The molecule has 1 heterocycles. The van der Waals surface area contributed by atoms with Gasteiger partial charge in [0.15, 0.2) is 0 Å². The molecule has 0 saturated carbocycles. The average Bonchev–Trinajstić information content (AvgIpc) is 2.86. The molecule has 5 nitrogen and oxygen atoms in total. The highest BCUT2D eigenvalue weighted by molar-refractivity contribution is 6.39. The Balaban J connectivity index is 1.43. The van der Waals surface area contributed by atoms with Crippen molar-refractivity contribution in [2.75, 3.05) is 31.5 Å². The van der Waals surface area contributed by atoms with E-state index < -0.39 is 11.8 Å². The minimum absolute atomic E-state index is 0.125. The Hall–Kier alpha value is -3.44. The fourth-order valence-electron chi connectivity index (χ4n) is 4.34. The Kier molecular flexibility index (Phi) is 6.97. The summed E-state index contributed by atoms with van der Waals surface area (Å²) in [5.41, 5.74) is 4.19. The molecule has 3 aromatic rings. The summed E-state index contributed by atoms with van der Waals surface area (Å²) < 4.78 is 0. The van der Waals surface area contributed by atoms with Gasteiger partial charge >= 0.3 is 11.8 Å². The minimum atomic E-state index is -0.568. The summed E-state index contributed by atoms with van der Waals surface area (Å²) in [6, 6.07) is 28.6. The number of benzene rings is 3. The Morgan fingerprint density at radius 3 is 1.88 bits per heavy atom. The Morgan fingerprint density at radius 2 is 1.31 bits per heavy atom. The number of carbonyl (C=O) groups is 2. The quantitative estimate of drug-likeness (QED) is 0.623. The average molecular weight is 428 g/mol. The largest absolute Gasteiger partial charge is 0.332 e. The monoisotopic (exact) mass is 427 g/mol. The molecular formula is C27H29N3O2. The number of hydrogen-bond acceptors (Lipinski definition) is 3. The van der Waals surface area contributed by atoms with Crippen LogP contribution in [0.3, 0.4) is 0 Å². The molecule has 1 aliphatic rings. The standard InChI is InChI=1S/C27H29N3O2/c1-2-21-11-9-10-16-24(21)28-26(31)27(32)30-19-17-29(18-20-30)25(22-12-5-3-6-13-22)23-14-7-4-8-15-23/h3-16,25H,2,17-20H2,1H3,(H,28,31). The van der Waals surface area contributed by atoms with Gasteiger partial charge in [-0.05, 0) is 29.2 Å². The van der Waals surface area contributed by atoms with Crippen molar-refractivity contribution in [1.29, 1.82) is 0 Å². The van der Waals surface area contributed by atoms with Crippen LogP contribution in [0.25, 0.3) is 0 Å². The van der Waals surface area contributed by atoms with Gasteiger partial charge in [0.1, 0.15) is 0 Å². The molecule has 0 radical (unpaired) electrons. The minimum Gasteiger partial charge on any atom is -0.332 e. The third kappa shape index (κ3) is 4.89. The summed E-state index contributed by atoms with van der Waals surface area (Å²) in [5.74, 6) is -1.03. The third-order valence-electron chi connectivity index (χ3n) is 6.04. The first-order valence-corrected chi connectivity index (χ1v) is 11.2. The molecule has 0 aromatic heterocycles. The predicted molar refractivity (Wildman–Crippen MR) is 127 cm³/mol. The summed E-state index contributed by atoms with van der Waals surface area (Å²) in [5, 5.41) is 2.80. The van der Waals surface area contributed by atoms with E-state index in [1.165, 1.54) is 11.1 Å². The Bertz CT molecular complexity index is 1010. The topological polar surface area (TPSA) is 52.7 Å². The second-order valence-electron chi connectivity index (χ2n) is 8.02. The van der Waals surface area contributed by atoms with E-state index in [-0.39, 0.29) is 6.04 Å². The number of nitrogens with one attached hydrogen (secondary N) is 1. The van der Waals surface area contributed by atoms with E-state index in [0.29, 0.717) is 31.9 Å². The van der Waals surface area contributed by atoms with E-state index in [9.17, 15) is 9.59 Å². The molecule has 164 valence electrons. The molecule has 0 unspecified atom stereocenters. The summed E-state index contributed by atoms with van der Waals surface area (Å²) >= 11 is 0. The molecule has 4 rings (SSSR count). The van der Waals surface area contributed by atoms with E-state index in [0.717, 1.165) is 12.0 Å². The molecular weight excluding hydrogens is 398 g/mol.